The molecule has 0 bridgehead atoms. The number of carbonyl (C=O) groups excluding carboxylic acids is 1. The molecule has 1 aromatic rings. The van der Waals surface area contributed by atoms with Crippen LogP contribution in [0.5, 0.6) is 0 Å². The standard InChI is InChI=1S/C8H12N4OS2/c9-6-5(7(10)13)8(15-11-6)12-1-3-14-4-2-12/h1-4H2,(H2,9,11)(H2,10,13). The third kappa shape index (κ3) is 2.03. The third-order valence-corrected chi connectivity index (χ3v) is 4.11. The molecule has 0 atom stereocenters. The summed E-state index contributed by atoms with van der Waals surface area (Å²) in [5, 5.41) is 0.820. The number of amides is 1. The predicted molar refractivity (Wildman–Crippen MR) is 64.6 cm³/mol. The van der Waals surface area contributed by atoms with Crippen molar-refractivity contribution in [2.45, 2.75) is 0 Å². The number of aromatic nitrogens is 1. The van der Waals surface area contributed by atoms with Gasteiger partial charge >= 0.3 is 0 Å². The lowest BCUT2D eigenvalue weighted by Crippen LogP contribution is -2.33. The highest BCUT2D eigenvalue weighted by atomic mass is 32.2. The van der Waals surface area contributed by atoms with E-state index in [2.05, 4.69) is 9.27 Å². The first-order valence-corrected chi connectivity index (χ1v) is 6.50. The largest absolute Gasteiger partial charge is 0.382 e. The summed E-state index contributed by atoms with van der Waals surface area (Å²) in [5.74, 6) is 1.89. The molecule has 2 heterocycles. The average Bonchev–Trinajstić information content (AvgIpc) is 2.61. The highest BCUT2D eigenvalue weighted by Gasteiger charge is 2.22. The molecule has 0 radical (unpaired) electrons. The van der Waals surface area contributed by atoms with E-state index in [0.717, 1.165) is 29.6 Å². The van der Waals surface area contributed by atoms with Gasteiger partial charge in [-0.3, -0.25) is 4.79 Å². The molecular formula is C8H12N4OS2. The summed E-state index contributed by atoms with van der Waals surface area (Å²) in [7, 11) is 0. The van der Waals surface area contributed by atoms with Crippen molar-refractivity contribution in [2.24, 2.45) is 5.73 Å². The van der Waals surface area contributed by atoms with Gasteiger partial charge in [-0.1, -0.05) is 0 Å². The number of nitrogens with zero attached hydrogens (tertiary/aromatic N) is 2. The Bertz CT molecular complexity index is 373. The topological polar surface area (TPSA) is 85.2 Å². The zero-order valence-electron chi connectivity index (χ0n) is 8.10. The van der Waals surface area contributed by atoms with E-state index in [1.807, 2.05) is 11.8 Å². The Morgan fingerprint density at radius 1 is 1.40 bits per heavy atom. The first-order valence-electron chi connectivity index (χ1n) is 4.58. The number of nitrogen functional groups attached to an aromatic ring is 1. The first-order chi connectivity index (χ1) is 7.20. The van der Waals surface area contributed by atoms with Gasteiger partial charge < -0.3 is 16.4 Å². The van der Waals surface area contributed by atoms with Crippen molar-refractivity contribution in [3.8, 4) is 0 Å². The lowest BCUT2D eigenvalue weighted by Gasteiger charge is -2.27. The quantitative estimate of drug-likeness (QED) is 0.785. The van der Waals surface area contributed by atoms with E-state index in [1.165, 1.54) is 11.5 Å². The van der Waals surface area contributed by atoms with Crippen molar-refractivity contribution in [1.29, 1.82) is 0 Å². The number of hydrogen-bond donors (Lipinski definition) is 2. The minimum absolute atomic E-state index is 0.251. The van der Waals surface area contributed by atoms with E-state index in [9.17, 15) is 4.79 Å². The van der Waals surface area contributed by atoms with Crippen LogP contribution >= 0.6 is 23.3 Å². The van der Waals surface area contributed by atoms with E-state index in [0.29, 0.717) is 5.56 Å². The molecule has 1 aromatic heterocycles. The maximum Gasteiger partial charge on any atom is 0.255 e. The molecule has 0 aliphatic carbocycles. The van der Waals surface area contributed by atoms with Crippen molar-refractivity contribution in [3.05, 3.63) is 5.56 Å². The highest BCUT2D eigenvalue weighted by Crippen LogP contribution is 2.31. The van der Waals surface area contributed by atoms with Crippen molar-refractivity contribution < 1.29 is 4.79 Å². The molecule has 0 aromatic carbocycles. The van der Waals surface area contributed by atoms with Crippen LogP contribution in [0.4, 0.5) is 10.8 Å². The number of hydrogen-bond acceptors (Lipinski definition) is 6. The normalized spacial score (nSPS) is 16.7. The molecule has 1 saturated heterocycles. The second-order valence-electron chi connectivity index (χ2n) is 3.21. The molecule has 4 N–H and O–H groups in total. The summed E-state index contributed by atoms with van der Waals surface area (Å²) in [6, 6.07) is 0. The predicted octanol–water partition coefficient (Wildman–Crippen LogP) is 0.377. The number of rotatable bonds is 2. The zero-order chi connectivity index (χ0) is 10.8. The molecule has 2 rings (SSSR count). The average molecular weight is 244 g/mol. The summed E-state index contributed by atoms with van der Waals surface area (Å²) in [6.07, 6.45) is 0. The van der Waals surface area contributed by atoms with Gasteiger partial charge in [0.2, 0.25) is 0 Å². The minimum Gasteiger partial charge on any atom is -0.382 e. The number of thioether (sulfide) groups is 1. The van der Waals surface area contributed by atoms with Gasteiger partial charge in [0.1, 0.15) is 10.6 Å². The van der Waals surface area contributed by atoms with Crippen molar-refractivity contribution >= 4 is 40.0 Å². The van der Waals surface area contributed by atoms with Crippen molar-refractivity contribution in [2.75, 3.05) is 35.2 Å². The second-order valence-corrected chi connectivity index (χ2v) is 5.19. The van der Waals surface area contributed by atoms with Crippen LogP contribution in [0.3, 0.4) is 0 Å². The van der Waals surface area contributed by atoms with Crippen LogP contribution in [0.1, 0.15) is 10.4 Å². The first kappa shape index (κ1) is 10.6. The Morgan fingerprint density at radius 2 is 2.07 bits per heavy atom. The van der Waals surface area contributed by atoms with Crippen LogP contribution in [0, 0.1) is 0 Å². The molecule has 0 unspecified atom stereocenters. The lowest BCUT2D eigenvalue weighted by molar-refractivity contribution is 0.100. The zero-order valence-corrected chi connectivity index (χ0v) is 9.74. The van der Waals surface area contributed by atoms with E-state index in [4.69, 9.17) is 11.5 Å². The van der Waals surface area contributed by atoms with E-state index < -0.39 is 5.91 Å². The highest BCUT2D eigenvalue weighted by molar-refractivity contribution is 7.99. The van der Waals surface area contributed by atoms with Gasteiger partial charge in [0.25, 0.3) is 5.91 Å². The maximum atomic E-state index is 11.2. The summed E-state index contributed by atoms with van der Waals surface area (Å²) >= 11 is 3.16. The van der Waals surface area contributed by atoms with Gasteiger partial charge in [-0.2, -0.15) is 16.1 Å². The van der Waals surface area contributed by atoms with E-state index in [1.54, 1.807) is 0 Å². The Morgan fingerprint density at radius 3 is 2.67 bits per heavy atom. The number of primary amides is 1. The fraction of sp³-hybridized carbons (Fsp3) is 0.500. The van der Waals surface area contributed by atoms with Crippen LogP contribution in [0.15, 0.2) is 0 Å². The van der Waals surface area contributed by atoms with Gasteiger partial charge in [-0.15, -0.1) is 0 Å². The fourth-order valence-electron chi connectivity index (χ4n) is 1.51. The second kappa shape index (κ2) is 4.28. The molecule has 0 saturated carbocycles. The monoisotopic (exact) mass is 244 g/mol. The van der Waals surface area contributed by atoms with Crippen LogP contribution in [0.25, 0.3) is 0 Å². The number of anilines is 2. The number of carbonyl (C=O) groups is 1. The Kier molecular flexibility index (Phi) is 3.01. The maximum absolute atomic E-state index is 11.2. The van der Waals surface area contributed by atoms with Crippen LogP contribution in [-0.4, -0.2) is 34.9 Å². The molecule has 5 nitrogen and oxygen atoms in total. The molecular weight excluding hydrogens is 232 g/mol. The Hall–Kier alpha value is -0.950. The van der Waals surface area contributed by atoms with Crippen LogP contribution in [-0.2, 0) is 0 Å². The fourth-order valence-corrected chi connectivity index (χ4v) is 3.28. The summed E-state index contributed by atoms with van der Waals surface area (Å²) < 4.78 is 3.98. The minimum atomic E-state index is -0.491. The third-order valence-electron chi connectivity index (χ3n) is 2.25. The molecule has 1 aliphatic heterocycles. The van der Waals surface area contributed by atoms with Gasteiger partial charge in [-0.05, 0) is 11.5 Å². The smallest absolute Gasteiger partial charge is 0.255 e. The molecule has 1 aliphatic rings. The molecule has 1 fully saturated rings. The molecule has 0 spiro atoms. The van der Waals surface area contributed by atoms with Gasteiger partial charge in [-0.25, -0.2) is 0 Å². The van der Waals surface area contributed by atoms with Crippen LogP contribution in [0.2, 0.25) is 0 Å². The lowest BCUT2D eigenvalue weighted by atomic mass is 10.3. The van der Waals surface area contributed by atoms with Crippen LogP contribution < -0.4 is 16.4 Å². The molecule has 15 heavy (non-hydrogen) atoms. The number of nitrogens with two attached hydrogens (primary N) is 2. The summed E-state index contributed by atoms with van der Waals surface area (Å²) in [4.78, 5) is 13.4. The van der Waals surface area contributed by atoms with E-state index >= 15 is 0 Å². The van der Waals surface area contributed by atoms with Gasteiger partial charge in [0.15, 0.2) is 5.82 Å². The van der Waals surface area contributed by atoms with Crippen molar-refractivity contribution in [1.82, 2.24) is 4.37 Å². The molecule has 82 valence electrons. The van der Waals surface area contributed by atoms with Gasteiger partial charge in [0, 0.05) is 24.6 Å². The molecule has 1 amide bonds. The van der Waals surface area contributed by atoms with E-state index in [-0.39, 0.29) is 5.82 Å². The van der Waals surface area contributed by atoms with Crippen molar-refractivity contribution in [3.63, 3.8) is 0 Å². The van der Waals surface area contributed by atoms with Gasteiger partial charge in [0.05, 0.1) is 0 Å². The Balaban J connectivity index is 2.30. The summed E-state index contributed by atoms with van der Waals surface area (Å²) in [6.45, 7) is 1.85. The SMILES string of the molecule is NC(=O)c1c(N)nsc1N1CCSCC1. The Labute approximate surface area is 96.0 Å². The molecule has 7 heteroatoms. The summed E-state index contributed by atoms with van der Waals surface area (Å²) in [5.41, 5.74) is 11.3.